The summed E-state index contributed by atoms with van der Waals surface area (Å²) < 4.78 is 0. The number of carbonyl (C=O) groups excluding carboxylic acids is 2. The molecule has 0 spiro atoms. The number of benzene rings is 2. The van der Waals surface area contributed by atoms with Gasteiger partial charge in [-0.3, -0.25) is 4.79 Å². The zero-order valence-electron chi connectivity index (χ0n) is 14.0. The molecule has 2 N–H and O–H groups in total. The standard InChI is InChI=1S/C19H18N4O2S/c20-13-26-17-8-6-15(7-9-17)21-19(25)22-16-10-18(24)23(12-16)11-14-4-2-1-3-5-14/h1-9,16H,10-12H2,(H2,21,22,25). The molecule has 0 aromatic heterocycles. The molecule has 1 saturated heterocycles. The first-order valence-corrected chi connectivity index (χ1v) is 9.01. The molecule has 2 aromatic carbocycles. The fourth-order valence-electron chi connectivity index (χ4n) is 2.84. The molecule has 2 aromatic rings. The lowest BCUT2D eigenvalue weighted by atomic mass is 10.2. The number of thiocyanates is 1. The molecule has 1 atom stereocenters. The molecule has 3 amide bonds. The molecular weight excluding hydrogens is 348 g/mol. The van der Waals surface area contributed by atoms with Gasteiger partial charge >= 0.3 is 6.03 Å². The minimum Gasteiger partial charge on any atom is -0.336 e. The minimum absolute atomic E-state index is 0.0389. The van der Waals surface area contributed by atoms with Gasteiger partial charge in [0.15, 0.2) is 0 Å². The number of nitrogens with zero attached hydrogens (tertiary/aromatic N) is 2. The number of amides is 3. The van der Waals surface area contributed by atoms with Crippen molar-refractivity contribution in [2.45, 2.75) is 23.9 Å². The summed E-state index contributed by atoms with van der Waals surface area (Å²) in [6, 6.07) is 16.2. The van der Waals surface area contributed by atoms with Crippen LogP contribution in [-0.4, -0.2) is 29.4 Å². The van der Waals surface area contributed by atoms with Gasteiger partial charge in [-0.15, -0.1) is 0 Å². The van der Waals surface area contributed by atoms with E-state index in [1.165, 1.54) is 0 Å². The lowest BCUT2D eigenvalue weighted by Gasteiger charge is -2.17. The molecule has 6 nitrogen and oxygen atoms in total. The van der Waals surface area contributed by atoms with E-state index in [4.69, 9.17) is 5.26 Å². The van der Waals surface area contributed by atoms with Crippen LogP contribution >= 0.6 is 11.8 Å². The van der Waals surface area contributed by atoms with Gasteiger partial charge < -0.3 is 15.5 Å². The van der Waals surface area contributed by atoms with Crippen molar-refractivity contribution in [1.29, 1.82) is 5.26 Å². The Morgan fingerprint density at radius 3 is 2.62 bits per heavy atom. The van der Waals surface area contributed by atoms with Crippen molar-refractivity contribution in [2.24, 2.45) is 0 Å². The maximum Gasteiger partial charge on any atom is 0.319 e. The van der Waals surface area contributed by atoms with Crippen LogP contribution in [0.2, 0.25) is 0 Å². The van der Waals surface area contributed by atoms with Gasteiger partial charge in [-0.05, 0) is 41.6 Å². The van der Waals surface area contributed by atoms with Crippen molar-refractivity contribution in [3.05, 3.63) is 60.2 Å². The molecule has 0 aliphatic carbocycles. The Morgan fingerprint density at radius 1 is 1.19 bits per heavy atom. The molecule has 1 heterocycles. The monoisotopic (exact) mass is 366 g/mol. The zero-order valence-corrected chi connectivity index (χ0v) is 14.8. The smallest absolute Gasteiger partial charge is 0.319 e. The number of nitriles is 1. The predicted molar refractivity (Wildman–Crippen MR) is 100 cm³/mol. The third-order valence-corrected chi connectivity index (χ3v) is 4.64. The first-order valence-electron chi connectivity index (χ1n) is 8.19. The second kappa shape index (κ2) is 8.41. The number of likely N-dealkylation sites (tertiary alicyclic amines) is 1. The second-order valence-corrected chi connectivity index (χ2v) is 6.84. The summed E-state index contributed by atoms with van der Waals surface area (Å²) >= 11 is 1.06. The highest BCUT2D eigenvalue weighted by atomic mass is 32.2. The fourth-order valence-corrected chi connectivity index (χ4v) is 3.21. The van der Waals surface area contributed by atoms with Gasteiger partial charge in [-0.2, -0.15) is 5.26 Å². The number of anilines is 1. The Kier molecular flexibility index (Phi) is 5.77. The molecule has 3 rings (SSSR count). The van der Waals surface area contributed by atoms with Crippen LogP contribution in [-0.2, 0) is 11.3 Å². The third-order valence-electron chi connectivity index (χ3n) is 4.04. The first-order chi connectivity index (χ1) is 12.6. The molecule has 0 saturated carbocycles. The summed E-state index contributed by atoms with van der Waals surface area (Å²) in [5.74, 6) is 0.0389. The number of rotatable bonds is 5. The zero-order chi connectivity index (χ0) is 18.4. The van der Waals surface area contributed by atoms with Gasteiger partial charge in [0, 0.05) is 30.1 Å². The normalized spacial score (nSPS) is 16.2. The molecule has 1 aliphatic rings. The summed E-state index contributed by atoms with van der Waals surface area (Å²) in [4.78, 5) is 26.9. The number of carbonyl (C=O) groups is 2. The van der Waals surface area contributed by atoms with Gasteiger partial charge in [0.25, 0.3) is 0 Å². The van der Waals surface area contributed by atoms with E-state index in [2.05, 4.69) is 10.6 Å². The number of nitrogens with one attached hydrogen (secondary N) is 2. The second-order valence-electron chi connectivity index (χ2n) is 5.98. The van der Waals surface area contributed by atoms with Crippen LogP contribution in [0.5, 0.6) is 0 Å². The van der Waals surface area contributed by atoms with Crippen LogP contribution in [0.15, 0.2) is 59.5 Å². The maximum absolute atomic E-state index is 12.2. The molecule has 7 heteroatoms. The molecule has 0 radical (unpaired) electrons. The first kappa shape index (κ1) is 17.8. The molecule has 1 aliphatic heterocycles. The summed E-state index contributed by atoms with van der Waals surface area (Å²) in [6.07, 6.45) is 0.304. The predicted octanol–water partition coefficient (Wildman–Crippen LogP) is 3.18. The van der Waals surface area contributed by atoms with Gasteiger partial charge in [0.1, 0.15) is 5.40 Å². The molecule has 132 valence electrons. The lowest BCUT2D eigenvalue weighted by molar-refractivity contribution is -0.128. The number of urea groups is 1. The van der Waals surface area contributed by atoms with Crippen molar-refractivity contribution in [3.8, 4) is 5.40 Å². The lowest BCUT2D eigenvalue weighted by Crippen LogP contribution is -2.39. The SMILES string of the molecule is N#CSc1ccc(NC(=O)NC2CC(=O)N(Cc3ccccc3)C2)cc1. The van der Waals surface area contributed by atoms with Crippen LogP contribution in [0.4, 0.5) is 10.5 Å². The number of hydrogen-bond donors (Lipinski definition) is 2. The van der Waals surface area contributed by atoms with E-state index < -0.39 is 0 Å². The molecule has 1 unspecified atom stereocenters. The summed E-state index contributed by atoms with van der Waals surface area (Å²) in [5, 5.41) is 16.2. The molecular formula is C19H18N4O2S. The molecule has 0 bridgehead atoms. The van der Waals surface area contributed by atoms with Crippen LogP contribution in [0.25, 0.3) is 0 Å². The quantitative estimate of drug-likeness (QED) is 0.629. The minimum atomic E-state index is -0.343. The van der Waals surface area contributed by atoms with Crippen molar-refractivity contribution in [1.82, 2.24) is 10.2 Å². The number of hydrogen-bond acceptors (Lipinski definition) is 4. The van der Waals surface area contributed by atoms with E-state index in [-0.39, 0.29) is 18.0 Å². The van der Waals surface area contributed by atoms with E-state index in [0.717, 1.165) is 22.2 Å². The van der Waals surface area contributed by atoms with Crippen molar-refractivity contribution in [3.63, 3.8) is 0 Å². The van der Waals surface area contributed by atoms with Gasteiger partial charge in [-0.1, -0.05) is 30.3 Å². The molecule has 1 fully saturated rings. The van der Waals surface area contributed by atoms with Crippen molar-refractivity contribution >= 4 is 29.4 Å². The summed E-state index contributed by atoms with van der Waals surface area (Å²) in [7, 11) is 0. The van der Waals surface area contributed by atoms with Crippen LogP contribution in [0, 0.1) is 10.7 Å². The Labute approximate surface area is 156 Å². The maximum atomic E-state index is 12.2. The van der Waals surface area contributed by atoms with Crippen molar-refractivity contribution < 1.29 is 9.59 Å². The van der Waals surface area contributed by atoms with E-state index in [1.54, 1.807) is 29.2 Å². The summed E-state index contributed by atoms with van der Waals surface area (Å²) in [6.45, 7) is 1.05. The number of thioether (sulfide) groups is 1. The highest BCUT2D eigenvalue weighted by Crippen LogP contribution is 2.19. The third kappa shape index (κ3) is 4.77. The van der Waals surface area contributed by atoms with E-state index >= 15 is 0 Å². The average molecular weight is 366 g/mol. The Bertz CT molecular complexity index is 818. The Morgan fingerprint density at radius 2 is 1.92 bits per heavy atom. The van der Waals surface area contributed by atoms with Gasteiger partial charge in [-0.25, -0.2) is 4.79 Å². The fraction of sp³-hybridized carbons (Fsp3) is 0.211. The molecule has 26 heavy (non-hydrogen) atoms. The Hall–Kier alpha value is -2.98. The Balaban J connectivity index is 1.50. The average Bonchev–Trinajstić information content (AvgIpc) is 2.96. The van der Waals surface area contributed by atoms with Gasteiger partial charge in [0.05, 0.1) is 6.04 Å². The summed E-state index contributed by atoms with van der Waals surface area (Å²) in [5.41, 5.74) is 1.71. The highest BCUT2D eigenvalue weighted by Gasteiger charge is 2.30. The van der Waals surface area contributed by atoms with Crippen LogP contribution in [0.3, 0.4) is 0 Å². The van der Waals surface area contributed by atoms with Crippen molar-refractivity contribution in [2.75, 3.05) is 11.9 Å². The van der Waals surface area contributed by atoms with Gasteiger partial charge in [0.2, 0.25) is 5.91 Å². The largest absolute Gasteiger partial charge is 0.336 e. The topological polar surface area (TPSA) is 85.2 Å². The van der Waals surface area contributed by atoms with E-state index in [1.807, 2.05) is 35.7 Å². The van der Waals surface area contributed by atoms with Crippen LogP contribution in [0.1, 0.15) is 12.0 Å². The van der Waals surface area contributed by atoms with E-state index in [0.29, 0.717) is 25.2 Å². The van der Waals surface area contributed by atoms with E-state index in [9.17, 15) is 9.59 Å². The highest BCUT2D eigenvalue weighted by molar-refractivity contribution is 8.03. The van der Waals surface area contributed by atoms with Crippen LogP contribution < -0.4 is 10.6 Å².